The molecule has 1 N–H and O–H groups in total. The van der Waals surface area contributed by atoms with Crippen LogP contribution in [0.3, 0.4) is 0 Å². The second kappa shape index (κ2) is 2.85. The minimum absolute atomic E-state index is 0.146. The van der Waals surface area contributed by atoms with Crippen LogP contribution in [0, 0.1) is 6.92 Å². The van der Waals surface area contributed by atoms with Crippen molar-refractivity contribution in [3.8, 4) is 5.75 Å². The molecule has 1 heterocycles. The molecule has 2 aromatic rings. The quantitative estimate of drug-likeness (QED) is 0.700. The molecule has 3 nitrogen and oxygen atoms in total. The summed E-state index contributed by atoms with van der Waals surface area (Å²) >= 11 is 5.96. The third kappa shape index (κ3) is 1.21. The Labute approximate surface area is 80.0 Å². The number of phenols is 1. The Kier molecular flexibility index (Phi) is 1.81. The molecule has 1 aromatic carbocycles. The van der Waals surface area contributed by atoms with Gasteiger partial charge in [0.1, 0.15) is 11.3 Å². The first-order chi connectivity index (χ1) is 6.20. The van der Waals surface area contributed by atoms with Crippen LogP contribution in [0.2, 0.25) is 5.02 Å². The average Bonchev–Trinajstić information content (AvgIpc) is 2.15. The van der Waals surface area contributed by atoms with Crippen LogP contribution in [0.4, 0.5) is 0 Å². The smallest absolute Gasteiger partial charge is 0.146 e. The molecule has 66 valence electrons. The van der Waals surface area contributed by atoms with Crippen molar-refractivity contribution in [1.29, 1.82) is 0 Å². The summed E-state index contributed by atoms with van der Waals surface area (Å²) in [6.07, 6.45) is 1.54. The van der Waals surface area contributed by atoms with Gasteiger partial charge in [0.15, 0.2) is 0 Å². The van der Waals surface area contributed by atoms with E-state index in [0.29, 0.717) is 16.1 Å². The lowest BCUT2D eigenvalue weighted by Crippen LogP contribution is -1.86. The van der Waals surface area contributed by atoms with Crippen molar-refractivity contribution >= 4 is 22.5 Å². The van der Waals surface area contributed by atoms with Crippen LogP contribution in [0.5, 0.6) is 5.75 Å². The van der Waals surface area contributed by atoms with Gasteiger partial charge in [-0.2, -0.15) is 5.10 Å². The number of phenolic OH excluding ortho intramolecular Hbond substituents is 1. The number of benzene rings is 1. The van der Waals surface area contributed by atoms with E-state index in [-0.39, 0.29) is 5.75 Å². The highest BCUT2D eigenvalue weighted by molar-refractivity contribution is 6.35. The maximum atomic E-state index is 9.62. The van der Waals surface area contributed by atoms with E-state index >= 15 is 0 Å². The molecule has 0 amide bonds. The Bertz CT molecular complexity index is 470. The first-order valence-electron chi connectivity index (χ1n) is 3.79. The number of rotatable bonds is 0. The zero-order valence-corrected chi connectivity index (χ0v) is 7.71. The van der Waals surface area contributed by atoms with Gasteiger partial charge in [-0.1, -0.05) is 11.6 Å². The Morgan fingerprint density at radius 3 is 3.00 bits per heavy atom. The number of hydrogen-bond donors (Lipinski definition) is 1. The Morgan fingerprint density at radius 2 is 2.23 bits per heavy atom. The van der Waals surface area contributed by atoms with Gasteiger partial charge in [-0.25, -0.2) is 0 Å². The molecule has 0 spiro atoms. The summed E-state index contributed by atoms with van der Waals surface area (Å²) in [5.41, 5.74) is 1.16. The van der Waals surface area contributed by atoms with Gasteiger partial charge in [-0.15, -0.1) is 5.10 Å². The minimum atomic E-state index is 0.146. The molecule has 0 saturated heterocycles. The fourth-order valence-electron chi connectivity index (χ4n) is 1.22. The van der Waals surface area contributed by atoms with Crippen molar-refractivity contribution in [2.75, 3.05) is 0 Å². The summed E-state index contributed by atoms with van der Waals surface area (Å²) in [5, 5.41) is 18.4. The summed E-state index contributed by atoms with van der Waals surface area (Å²) in [5.74, 6) is 0.146. The number of aromatic nitrogens is 2. The van der Waals surface area contributed by atoms with Crippen LogP contribution in [0.15, 0.2) is 18.3 Å². The highest BCUT2D eigenvalue weighted by atomic mass is 35.5. The number of hydrogen-bond acceptors (Lipinski definition) is 3. The van der Waals surface area contributed by atoms with E-state index in [1.807, 2.05) is 0 Å². The van der Waals surface area contributed by atoms with Crippen LogP contribution in [-0.4, -0.2) is 15.3 Å². The highest BCUT2D eigenvalue weighted by Crippen LogP contribution is 2.31. The fraction of sp³-hybridized carbons (Fsp3) is 0.111. The van der Waals surface area contributed by atoms with E-state index < -0.39 is 0 Å². The molecule has 0 aliphatic heterocycles. The van der Waals surface area contributed by atoms with E-state index in [4.69, 9.17) is 11.6 Å². The predicted octanol–water partition coefficient (Wildman–Crippen LogP) is 2.30. The molecule has 0 unspecified atom stereocenters. The zero-order valence-electron chi connectivity index (χ0n) is 6.95. The lowest BCUT2D eigenvalue weighted by molar-refractivity contribution is 0.475. The molecule has 0 bridgehead atoms. The fourth-order valence-corrected chi connectivity index (χ4v) is 1.54. The topological polar surface area (TPSA) is 46.0 Å². The van der Waals surface area contributed by atoms with E-state index in [1.54, 1.807) is 25.3 Å². The molecule has 0 aliphatic carbocycles. The molecule has 0 atom stereocenters. The normalized spacial score (nSPS) is 10.6. The Morgan fingerprint density at radius 1 is 1.46 bits per heavy atom. The molecule has 13 heavy (non-hydrogen) atoms. The van der Waals surface area contributed by atoms with Gasteiger partial charge in [0.05, 0.1) is 11.2 Å². The van der Waals surface area contributed by atoms with Crippen LogP contribution in [-0.2, 0) is 0 Å². The molecule has 0 saturated carbocycles. The van der Waals surface area contributed by atoms with E-state index in [9.17, 15) is 5.11 Å². The number of aryl methyl sites for hydroxylation is 1. The van der Waals surface area contributed by atoms with Gasteiger partial charge >= 0.3 is 0 Å². The zero-order chi connectivity index (χ0) is 9.42. The van der Waals surface area contributed by atoms with Crippen molar-refractivity contribution in [1.82, 2.24) is 10.2 Å². The number of nitrogens with zero attached hydrogens (tertiary/aromatic N) is 2. The van der Waals surface area contributed by atoms with E-state index in [0.717, 1.165) is 5.39 Å². The molecule has 1 aromatic heterocycles. The lowest BCUT2D eigenvalue weighted by atomic mass is 10.1. The Balaban J connectivity index is 2.97. The van der Waals surface area contributed by atoms with Crippen molar-refractivity contribution in [3.63, 3.8) is 0 Å². The van der Waals surface area contributed by atoms with Gasteiger partial charge in [0, 0.05) is 5.39 Å². The third-order valence-electron chi connectivity index (χ3n) is 1.92. The van der Waals surface area contributed by atoms with Crippen molar-refractivity contribution < 1.29 is 5.11 Å². The number of halogens is 1. The van der Waals surface area contributed by atoms with Crippen molar-refractivity contribution in [2.45, 2.75) is 6.92 Å². The third-order valence-corrected chi connectivity index (χ3v) is 2.23. The summed E-state index contributed by atoms with van der Waals surface area (Å²) in [6, 6.07) is 3.44. The van der Waals surface area contributed by atoms with Crippen LogP contribution >= 0.6 is 11.6 Å². The molecule has 2 rings (SSSR count). The molecule has 0 radical (unpaired) electrons. The lowest BCUT2D eigenvalue weighted by Gasteiger charge is -2.03. The summed E-state index contributed by atoms with van der Waals surface area (Å²) in [7, 11) is 0. The second-order valence-corrected chi connectivity index (χ2v) is 3.22. The van der Waals surface area contributed by atoms with Gasteiger partial charge in [-0.3, -0.25) is 0 Å². The molecular formula is C9H7ClN2O. The largest absolute Gasteiger partial charge is 0.505 e. The highest BCUT2D eigenvalue weighted by Gasteiger charge is 2.07. The molecular weight excluding hydrogens is 188 g/mol. The monoisotopic (exact) mass is 194 g/mol. The van der Waals surface area contributed by atoms with Crippen LogP contribution in [0.1, 0.15) is 5.56 Å². The molecule has 4 heteroatoms. The molecule has 0 fully saturated rings. The summed E-state index contributed by atoms with van der Waals surface area (Å²) in [6.45, 7) is 1.77. The first-order valence-corrected chi connectivity index (χ1v) is 4.17. The maximum absolute atomic E-state index is 9.62. The van der Waals surface area contributed by atoms with E-state index in [2.05, 4.69) is 10.2 Å². The van der Waals surface area contributed by atoms with E-state index in [1.165, 1.54) is 0 Å². The van der Waals surface area contributed by atoms with Crippen molar-refractivity contribution in [2.24, 2.45) is 0 Å². The summed E-state index contributed by atoms with van der Waals surface area (Å²) < 4.78 is 0. The average molecular weight is 195 g/mol. The maximum Gasteiger partial charge on any atom is 0.146 e. The predicted molar refractivity (Wildman–Crippen MR) is 50.9 cm³/mol. The van der Waals surface area contributed by atoms with Gasteiger partial charge in [-0.05, 0) is 24.6 Å². The van der Waals surface area contributed by atoms with Crippen LogP contribution in [0.25, 0.3) is 10.9 Å². The molecule has 0 aliphatic rings. The van der Waals surface area contributed by atoms with Crippen LogP contribution < -0.4 is 0 Å². The van der Waals surface area contributed by atoms with Gasteiger partial charge in [0.2, 0.25) is 0 Å². The number of aromatic hydroxyl groups is 1. The number of fused-ring (bicyclic) bond motifs is 1. The second-order valence-electron chi connectivity index (χ2n) is 2.82. The Hall–Kier alpha value is -1.35. The standard InChI is InChI=1S/C9H7ClN2O/c1-5-4-7(10)6-2-3-11-12-8(6)9(5)13/h2-4,13H,1H3. The van der Waals surface area contributed by atoms with Gasteiger partial charge in [0.25, 0.3) is 0 Å². The minimum Gasteiger partial charge on any atom is -0.505 e. The van der Waals surface area contributed by atoms with Gasteiger partial charge < -0.3 is 5.11 Å². The summed E-state index contributed by atoms with van der Waals surface area (Å²) in [4.78, 5) is 0. The SMILES string of the molecule is Cc1cc(Cl)c2ccnnc2c1O. The first kappa shape index (κ1) is 8.26. The van der Waals surface area contributed by atoms with Crippen molar-refractivity contribution in [3.05, 3.63) is 28.9 Å².